The number of rotatable bonds is 5. The van der Waals surface area contributed by atoms with Crippen LogP contribution in [0.4, 0.5) is 0 Å². The largest absolute Gasteiger partial charge is 0.457 e. The molecule has 0 saturated heterocycles. The highest BCUT2D eigenvalue weighted by Crippen LogP contribution is 2.31. The van der Waals surface area contributed by atoms with Gasteiger partial charge in [-0.05, 0) is 55.6 Å². The number of hydrogen-bond donors (Lipinski definition) is 1. The van der Waals surface area contributed by atoms with Gasteiger partial charge in [-0.2, -0.15) is 0 Å². The molecule has 0 atom stereocenters. The van der Waals surface area contributed by atoms with Crippen LogP contribution in [-0.4, -0.2) is 12.8 Å². The number of thioether (sulfide) groups is 1. The summed E-state index contributed by atoms with van der Waals surface area (Å²) in [5.41, 5.74) is 6.57. The van der Waals surface area contributed by atoms with Crippen molar-refractivity contribution in [2.45, 2.75) is 11.3 Å². The topological polar surface area (TPSA) is 35.2 Å². The zero-order valence-corrected chi connectivity index (χ0v) is 12.3. The van der Waals surface area contributed by atoms with Gasteiger partial charge >= 0.3 is 0 Å². The second-order valence-corrected chi connectivity index (χ2v) is 5.32. The predicted molar refractivity (Wildman–Crippen MR) is 82.5 cm³/mol. The summed E-state index contributed by atoms with van der Waals surface area (Å²) < 4.78 is 5.89. The summed E-state index contributed by atoms with van der Waals surface area (Å²) >= 11 is 7.89. The van der Waals surface area contributed by atoms with Gasteiger partial charge in [0.25, 0.3) is 0 Å². The third kappa shape index (κ3) is 3.66. The molecule has 0 aliphatic carbocycles. The third-order valence-electron chi connectivity index (χ3n) is 2.76. The molecule has 0 heterocycles. The highest BCUT2D eigenvalue weighted by Gasteiger charge is 2.08. The minimum absolute atomic E-state index is 0.547. The molecule has 2 aromatic carbocycles. The maximum Gasteiger partial charge on any atom is 0.132 e. The Hall–Kier alpha value is -1.16. The van der Waals surface area contributed by atoms with Gasteiger partial charge in [0.15, 0.2) is 0 Å². The van der Waals surface area contributed by atoms with E-state index in [-0.39, 0.29) is 0 Å². The molecule has 0 aliphatic heterocycles. The molecule has 2 aromatic rings. The Morgan fingerprint density at radius 2 is 1.89 bits per heavy atom. The van der Waals surface area contributed by atoms with E-state index in [4.69, 9.17) is 22.1 Å². The average molecular weight is 294 g/mol. The molecule has 0 aliphatic rings. The van der Waals surface area contributed by atoms with E-state index in [2.05, 4.69) is 0 Å². The van der Waals surface area contributed by atoms with Crippen molar-refractivity contribution in [3.05, 3.63) is 53.1 Å². The lowest BCUT2D eigenvalue weighted by molar-refractivity contribution is 0.476. The van der Waals surface area contributed by atoms with Crippen molar-refractivity contribution >= 4 is 23.4 Å². The van der Waals surface area contributed by atoms with Gasteiger partial charge in [-0.1, -0.05) is 17.7 Å². The number of nitrogens with two attached hydrogens (primary N) is 1. The first-order valence-corrected chi connectivity index (χ1v) is 7.64. The summed E-state index contributed by atoms with van der Waals surface area (Å²) in [4.78, 5) is 1.21. The molecule has 0 aromatic heterocycles. The highest BCUT2D eigenvalue weighted by molar-refractivity contribution is 7.98. The minimum atomic E-state index is 0.547. The lowest BCUT2D eigenvalue weighted by Crippen LogP contribution is -2.04. The molecular formula is C15H16ClNOS. The molecule has 0 spiro atoms. The molecule has 0 unspecified atom stereocenters. The van der Waals surface area contributed by atoms with E-state index in [0.717, 1.165) is 17.1 Å². The molecule has 0 fully saturated rings. The van der Waals surface area contributed by atoms with Crippen molar-refractivity contribution in [3.8, 4) is 11.5 Å². The van der Waals surface area contributed by atoms with Crippen LogP contribution < -0.4 is 10.5 Å². The lowest BCUT2D eigenvalue weighted by Gasteiger charge is -2.12. The van der Waals surface area contributed by atoms with Crippen molar-refractivity contribution in [3.63, 3.8) is 0 Å². The van der Waals surface area contributed by atoms with E-state index in [9.17, 15) is 0 Å². The van der Waals surface area contributed by atoms with Gasteiger partial charge in [-0.3, -0.25) is 0 Å². The van der Waals surface area contributed by atoms with Crippen LogP contribution in [0.1, 0.15) is 5.56 Å². The van der Waals surface area contributed by atoms with Gasteiger partial charge < -0.3 is 10.5 Å². The third-order valence-corrected chi connectivity index (χ3v) is 3.86. The smallest absolute Gasteiger partial charge is 0.132 e. The molecule has 0 saturated carbocycles. The first-order chi connectivity index (χ1) is 9.24. The number of benzene rings is 2. The van der Waals surface area contributed by atoms with Crippen LogP contribution in [0.25, 0.3) is 0 Å². The second kappa shape index (κ2) is 6.85. The van der Waals surface area contributed by atoms with Crippen LogP contribution in [0.5, 0.6) is 11.5 Å². The maximum atomic E-state index is 6.18. The van der Waals surface area contributed by atoms with Crippen LogP contribution in [0, 0.1) is 0 Å². The van der Waals surface area contributed by atoms with Crippen molar-refractivity contribution in [1.29, 1.82) is 0 Å². The fourth-order valence-electron chi connectivity index (χ4n) is 1.79. The molecule has 2 N–H and O–H groups in total. The second-order valence-electron chi connectivity index (χ2n) is 4.03. The minimum Gasteiger partial charge on any atom is -0.457 e. The fraction of sp³-hybridized carbons (Fsp3) is 0.200. The van der Waals surface area contributed by atoms with E-state index in [1.165, 1.54) is 4.90 Å². The molecule has 2 nitrogen and oxygen atoms in total. The van der Waals surface area contributed by atoms with Gasteiger partial charge in [0.1, 0.15) is 11.5 Å². The van der Waals surface area contributed by atoms with E-state index in [1.807, 2.05) is 48.7 Å². The number of hydrogen-bond acceptors (Lipinski definition) is 3. The van der Waals surface area contributed by atoms with Gasteiger partial charge in [-0.25, -0.2) is 0 Å². The predicted octanol–water partition coefficient (Wildman–Crippen LogP) is 4.36. The maximum absolute atomic E-state index is 6.18. The normalized spacial score (nSPS) is 10.5. The lowest BCUT2D eigenvalue weighted by atomic mass is 10.1. The summed E-state index contributed by atoms with van der Waals surface area (Å²) in [5.74, 6) is 1.58. The van der Waals surface area contributed by atoms with E-state index < -0.39 is 0 Å². The first-order valence-electron chi connectivity index (χ1n) is 6.04. The molecule has 100 valence electrons. The number of ether oxygens (including phenoxy) is 1. The Morgan fingerprint density at radius 3 is 2.53 bits per heavy atom. The van der Waals surface area contributed by atoms with Crippen LogP contribution in [-0.2, 0) is 6.42 Å². The van der Waals surface area contributed by atoms with Crippen LogP contribution >= 0.6 is 23.4 Å². The molecule has 19 heavy (non-hydrogen) atoms. The van der Waals surface area contributed by atoms with Crippen molar-refractivity contribution in [2.24, 2.45) is 5.73 Å². The summed E-state index contributed by atoms with van der Waals surface area (Å²) in [6.07, 6.45) is 2.75. The highest BCUT2D eigenvalue weighted by atomic mass is 35.5. The summed E-state index contributed by atoms with van der Waals surface area (Å²) in [6.45, 7) is 0.547. The Labute approximate surface area is 122 Å². The SMILES string of the molecule is CSc1ccc(Oc2cccc(Cl)c2CCN)cc1. The standard InChI is InChI=1S/C15H16ClNOS/c1-19-12-7-5-11(6-8-12)18-15-4-2-3-14(16)13(15)9-10-17/h2-8H,9-10,17H2,1H3. The molecule has 0 radical (unpaired) electrons. The van der Waals surface area contributed by atoms with E-state index in [0.29, 0.717) is 18.0 Å². The Bertz CT molecular complexity index is 542. The van der Waals surface area contributed by atoms with Gasteiger partial charge in [0.05, 0.1) is 0 Å². The zero-order chi connectivity index (χ0) is 13.7. The zero-order valence-electron chi connectivity index (χ0n) is 10.7. The molecule has 4 heteroatoms. The summed E-state index contributed by atoms with van der Waals surface area (Å²) in [7, 11) is 0. The van der Waals surface area contributed by atoms with Crippen LogP contribution in [0.3, 0.4) is 0 Å². The Morgan fingerprint density at radius 1 is 1.16 bits per heavy atom. The molecule has 0 amide bonds. The van der Waals surface area contributed by atoms with E-state index in [1.54, 1.807) is 11.8 Å². The van der Waals surface area contributed by atoms with Crippen molar-refractivity contribution in [2.75, 3.05) is 12.8 Å². The first kappa shape index (κ1) is 14.3. The average Bonchev–Trinajstić information content (AvgIpc) is 2.43. The fourth-order valence-corrected chi connectivity index (χ4v) is 2.46. The quantitative estimate of drug-likeness (QED) is 0.832. The van der Waals surface area contributed by atoms with Crippen LogP contribution in [0.2, 0.25) is 5.02 Å². The Kier molecular flexibility index (Phi) is 5.14. The van der Waals surface area contributed by atoms with E-state index >= 15 is 0 Å². The van der Waals surface area contributed by atoms with Gasteiger partial charge in [0, 0.05) is 15.5 Å². The number of halogens is 1. The van der Waals surface area contributed by atoms with Gasteiger partial charge in [-0.15, -0.1) is 11.8 Å². The van der Waals surface area contributed by atoms with Crippen molar-refractivity contribution in [1.82, 2.24) is 0 Å². The van der Waals surface area contributed by atoms with Crippen LogP contribution in [0.15, 0.2) is 47.4 Å². The molecular weight excluding hydrogens is 278 g/mol. The monoisotopic (exact) mass is 293 g/mol. The summed E-state index contributed by atoms with van der Waals surface area (Å²) in [6, 6.07) is 13.6. The Balaban J connectivity index is 2.24. The molecule has 2 rings (SSSR count). The summed E-state index contributed by atoms with van der Waals surface area (Å²) in [5, 5.41) is 0.698. The van der Waals surface area contributed by atoms with Crippen molar-refractivity contribution < 1.29 is 4.74 Å². The molecule has 0 bridgehead atoms. The van der Waals surface area contributed by atoms with Gasteiger partial charge in [0.2, 0.25) is 0 Å².